The van der Waals surface area contributed by atoms with Gasteiger partial charge in [-0.1, -0.05) is 12.1 Å². The normalized spacial score (nSPS) is 11.0. The number of anilines is 1. The number of nitrogens with one attached hydrogen (secondary N) is 1. The van der Waals surface area contributed by atoms with Crippen LogP contribution in [0.4, 0.5) is 15.5 Å². The zero-order valence-electron chi connectivity index (χ0n) is 15.5. The smallest absolute Gasteiger partial charge is 0.415 e. The minimum absolute atomic E-state index is 0.0286. The first-order chi connectivity index (χ1) is 12.6. The van der Waals surface area contributed by atoms with E-state index in [1.54, 1.807) is 52.1 Å². The SMILES string of the molecule is CN(C(=O)OC(C)(C)C)c1ccc(C(=O)NCc2cccc([N+](=O)[O-])c2)s1. The predicted octanol–water partition coefficient (Wildman–Crippen LogP) is 3.96. The topological polar surface area (TPSA) is 102 Å². The summed E-state index contributed by atoms with van der Waals surface area (Å²) < 4.78 is 5.30. The van der Waals surface area contributed by atoms with E-state index in [0.29, 0.717) is 15.4 Å². The monoisotopic (exact) mass is 391 g/mol. The highest BCUT2D eigenvalue weighted by Gasteiger charge is 2.22. The first-order valence-electron chi connectivity index (χ1n) is 8.15. The second-order valence-electron chi connectivity index (χ2n) is 6.79. The number of carbonyl (C=O) groups excluding carboxylic acids is 2. The number of nitro groups is 1. The quantitative estimate of drug-likeness (QED) is 0.614. The molecule has 1 heterocycles. The molecular weight excluding hydrogens is 370 g/mol. The highest BCUT2D eigenvalue weighted by atomic mass is 32.1. The number of non-ortho nitro benzene ring substituents is 1. The molecule has 2 aromatic rings. The summed E-state index contributed by atoms with van der Waals surface area (Å²) in [6.07, 6.45) is -0.507. The summed E-state index contributed by atoms with van der Waals surface area (Å²) in [5.74, 6) is -0.324. The Hall–Kier alpha value is -2.94. The largest absolute Gasteiger partial charge is 0.443 e. The van der Waals surface area contributed by atoms with E-state index in [1.165, 1.54) is 17.0 Å². The summed E-state index contributed by atoms with van der Waals surface area (Å²) in [5.41, 5.74) is -0.0134. The van der Waals surface area contributed by atoms with Crippen LogP contribution >= 0.6 is 11.3 Å². The van der Waals surface area contributed by atoms with Crippen LogP contribution in [0, 0.1) is 10.1 Å². The number of hydrogen-bond acceptors (Lipinski definition) is 6. The first-order valence-corrected chi connectivity index (χ1v) is 8.96. The molecule has 0 saturated heterocycles. The van der Waals surface area contributed by atoms with Crippen molar-refractivity contribution >= 4 is 34.0 Å². The molecule has 144 valence electrons. The fourth-order valence-corrected chi connectivity index (χ4v) is 2.97. The average molecular weight is 391 g/mol. The molecule has 0 aliphatic carbocycles. The molecule has 0 saturated carbocycles. The molecule has 0 radical (unpaired) electrons. The zero-order chi connectivity index (χ0) is 20.2. The Morgan fingerprint density at radius 3 is 2.59 bits per heavy atom. The van der Waals surface area contributed by atoms with Crippen LogP contribution in [0.3, 0.4) is 0 Å². The number of carbonyl (C=O) groups is 2. The predicted molar refractivity (Wildman–Crippen MR) is 103 cm³/mol. The molecule has 0 unspecified atom stereocenters. The summed E-state index contributed by atoms with van der Waals surface area (Å²) in [6.45, 7) is 5.50. The van der Waals surface area contributed by atoms with Crippen molar-refractivity contribution in [2.75, 3.05) is 11.9 Å². The van der Waals surface area contributed by atoms with Gasteiger partial charge in [0.2, 0.25) is 0 Å². The average Bonchev–Trinajstić information content (AvgIpc) is 3.07. The van der Waals surface area contributed by atoms with Crippen molar-refractivity contribution in [2.45, 2.75) is 32.9 Å². The zero-order valence-corrected chi connectivity index (χ0v) is 16.3. The Labute approximate surface area is 160 Å². The lowest BCUT2D eigenvalue weighted by Crippen LogP contribution is -2.33. The lowest BCUT2D eigenvalue weighted by atomic mass is 10.2. The van der Waals surface area contributed by atoms with Gasteiger partial charge in [0, 0.05) is 25.7 Å². The molecule has 0 fully saturated rings. The van der Waals surface area contributed by atoms with E-state index in [4.69, 9.17) is 4.74 Å². The van der Waals surface area contributed by atoms with Gasteiger partial charge in [0.1, 0.15) is 10.6 Å². The van der Waals surface area contributed by atoms with Crippen LogP contribution in [0.2, 0.25) is 0 Å². The van der Waals surface area contributed by atoms with Crippen LogP contribution in [0.5, 0.6) is 0 Å². The van der Waals surface area contributed by atoms with Gasteiger partial charge in [-0.05, 0) is 38.5 Å². The van der Waals surface area contributed by atoms with E-state index < -0.39 is 16.6 Å². The van der Waals surface area contributed by atoms with Crippen molar-refractivity contribution in [3.8, 4) is 0 Å². The number of benzene rings is 1. The number of rotatable bonds is 5. The molecule has 1 aromatic carbocycles. The number of nitro benzene ring substituents is 1. The fraction of sp³-hybridized carbons (Fsp3) is 0.333. The molecule has 0 atom stereocenters. The number of thiophene rings is 1. The van der Waals surface area contributed by atoms with E-state index in [9.17, 15) is 19.7 Å². The molecule has 0 bridgehead atoms. The van der Waals surface area contributed by atoms with Crippen LogP contribution in [-0.4, -0.2) is 29.6 Å². The maximum Gasteiger partial charge on any atom is 0.415 e. The highest BCUT2D eigenvalue weighted by Crippen LogP contribution is 2.26. The maximum atomic E-state index is 12.3. The summed E-state index contributed by atoms with van der Waals surface area (Å²) in [4.78, 5) is 36.5. The Morgan fingerprint density at radius 2 is 1.96 bits per heavy atom. The van der Waals surface area contributed by atoms with Crippen molar-refractivity contribution in [2.24, 2.45) is 0 Å². The summed E-state index contributed by atoms with van der Waals surface area (Å²) in [6, 6.07) is 9.35. The van der Waals surface area contributed by atoms with Crippen molar-refractivity contribution in [1.82, 2.24) is 5.32 Å². The second kappa shape index (κ2) is 8.17. The minimum Gasteiger partial charge on any atom is -0.443 e. The third kappa shape index (κ3) is 5.78. The Kier molecular flexibility index (Phi) is 6.17. The van der Waals surface area contributed by atoms with Crippen LogP contribution in [0.25, 0.3) is 0 Å². The van der Waals surface area contributed by atoms with Crippen molar-refractivity contribution < 1.29 is 19.2 Å². The molecule has 8 nitrogen and oxygen atoms in total. The molecule has 27 heavy (non-hydrogen) atoms. The lowest BCUT2D eigenvalue weighted by Gasteiger charge is -2.23. The van der Waals surface area contributed by atoms with Gasteiger partial charge in [-0.15, -0.1) is 11.3 Å². The van der Waals surface area contributed by atoms with Crippen LogP contribution < -0.4 is 10.2 Å². The third-order valence-corrected chi connectivity index (χ3v) is 4.55. The fourth-order valence-electron chi connectivity index (χ4n) is 2.10. The van der Waals surface area contributed by atoms with Crippen molar-refractivity contribution in [3.05, 3.63) is 57.0 Å². The van der Waals surface area contributed by atoms with E-state index in [1.807, 2.05) is 0 Å². The Bertz CT molecular complexity index is 857. The molecule has 2 rings (SSSR count). The lowest BCUT2D eigenvalue weighted by molar-refractivity contribution is -0.384. The third-order valence-electron chi connectivity index (χ3n) is 3.39. The molecule has 0 spiro atoms. The van der Waals surface area contributed by atoms with E-state index >= 15 is 0 Å². The summed E-state index contributed by atoms with van der Waals surface area (Å²) in [7, 11) is 1.57. The van der Waals surface area contributed by atoms with Crippen LogP contribution in [0.15, 0.2) is 36.4 Å². The van der Waals surface area contributed by atoms with E-state index in [-0.39, 0.29) is 18.1 Å². The number of hydrogen-bond donors (Lipinski definition) is 1. The van der Waals surface area contributed by atoms with Crippen LogP contribution in [-0.2, 0) is 11.3 Å². The van der Waals surface area contributed by atoms with Gasteiger partial charge in [0.05, 0.1) is 9.80 Å². The molecule has 0 aliphatic heterocycles. The molecule has 2 amide bonds. The van der Waals surface area contributed by atoms with Gasteiger partial charge in [0.25, 0.3) is 11.6 Å². The molecule has 1 aromatic heterocycles. The van der Waals surface area contributed by atoms with Gasteiger partial charge in [0.15, 0.2) is 0 Å². The maximum absolute atomic E-state index is 12.3. The summed E-state index contributed by atoms with van der Waals surface area (Å²) >= 11 is 1.15. The molecule has 1 N–H and O–H groups in total. The number of amides is 2. The second-order valence-corrected chi connectivity index (χ2v) is 7.85. The number of nitrogens with zero attached hydrogens (tertiary/aromatic N) is 2. The van der Waals surface area contributed by atoms with Gasteiger partial charge in [-0.25, -0.2) is 4.79 Å². The molecule has 9 heteroatoms. The van der Waals surface area contributed by atoms with E-state index in [2.05, 4.69) is 5.32 Å². The Morgan fingerprint density at radius 1 is 1.26 bits per heavy atom. The summed E-state index contributed by atoms with van der Waals surface area (Å²) in [5, 5.41) is 14.1. The van der Waals surface area contributed by atoms with Gasteiger partial charge >= 0.3 is 6.09 Å². The standard InChI is InChI=1S/C18H21N3O5S/c1-18(2,3)26-17(23)20(4)15-9-8-14(27-15)16(22)19-11-12-6-5-7-13(10-12)21(24)25/h5-10H,11H2,1-4H3,(H,19,22). The molecule has 0 aliphatic rings. The van der Waals surface area contributed by atoms with Gasteiger partial charge < -0.3 is 10.1 Å². The highest BCUT2D eigenvalue weighted by molar-refractivity contribution is 7.18. The van der Waals surface area contributed by atoms with Gasteiger partial charge in [-0.3, -0.25) is 19.8 Å². The van der Waals surface area contributed by atoms with E-state index in [0.717, 1.165) is 11.3 Å². The minimum atomic E-state index is -0.610. The Balaban J connectivity index is 1.99. The first kappa shape index (κ1) is 20.4. The van der Waals surface area contributed by atoms with Crippen molar-refractivity contribution in [3.63, 3.8) is 0 Å². The molecular formula is C18H21N3O5S. The van der Waals surface area contributed by atoms with Crippen molar-refractivity contribution in [1.29, 1.82) is 0 Å². The van der Waals surface area contributed by atoms with Crippen LogP contribution in [0.1, 0.15) is 36.0 Å². The van der Waals surface area contributed by atoms with Gasteiger partial charge in [-0.2, -0.15) is 0 Å². The number of ether oxygens (including phenoxy) is 1.